The van der Waals surface area contributed by atoms with Gasteiger partial charge in [0.25, 0.3) is 0 Å². The van der Waals surface area contributed by atoms with Gasteiger partial charge in [0.2, 0.25) is 0 Å². The van der Waals surface area contributed by atoms with E-state index in [1.165, 1.54) is 32.1 Å². The van der Waals surface area contributed by atoms with E-state index in [1.54, 1.807) is 0 Å². The predicted molar refractivity (Wildman–Crippen MR) is 74.0 cm³/mol. The highest BCUT2D eigenvalue weighted by Gasteiger charge is 2.20. The number of nitrogens with zero attached hydrogens (tertiary/aromatic N) is 2. The molecular formula is C14H26N4. The maximum atomic E-state index is 5.68. The molecule has 1 heterocycles. The summed E-state index contributed by atoms with van der Waals surface area (Å²) in [5.74, 6) is 6.54. The zero-order valence-electron chi connectivity index (χ0n) is 11.6. The molecule has 0 spiro atoms. The molecule has 1 aromatic rings. The Balaban J connectivity index is 1.88. The van der Waals surface area contributed by atoms with Gasteiger partial charge >= 0.3 is 0 Å². The number of nitrogens with one attached hydrogen (secondary N) is 1. The topological polar surface area (TPSA) is 55.9 Å². The van der Waals surface area contributed by atoms with Crippen molar-refractivity contribution in [3.63, 3.8) is 0 Å². The molecule has 4 nitrogen and oxygen atoms in total. The molecule has 18 heavy (non-hydrogen) atoms. The van der Waals surface area contributed by atoms with Crippen LogP contribution in [-0.4, -0.2) is 15.8 Å². The molecule has 1 atom stereocenters. The number of hydrogen-bond donors (Lipinski definition) is 2. The van der Waals surface area contributed by atoms with Crippen molar-refractivity contribution in [2.45, 2.75) is 64.5 Å². The van der Waals surface area contributed by atoms with Crippen molar-refractivity contribution in [1.82, 2.24) is 15.2 Å². The Hall–Kier alpha value is -0.870. The summed E-state index contributed by atoms with van der Waals surface area (Å²) in [6.45, 7) is 4.29. The highest BCUT2D eigenvalue weighted by Crippen LogP contribution is 2.29. The molecule has 102 valence electrons. The SMILES string of the molecule is CC(C)n1ccc(CC(CC2CCCC2)NN)n1. The molecule has 4 heteroatoms. The van der Waals surface area contributed by atoms with Crippen molar-refractivity contribution in [2.24, 2.45) is 11.8 Å². The monoisotopic (exact) mass is 250 g/mol. The van der Waals surface area contributed by atoms with Crippen LogP contribution in [0.4, 0.5) is 0 Å². The Bertz CT molecular complexity index is 352. The Morgan fingerprint density at radius 3 is 2.72 bits per heavy atom. The van der Waals surface area contributed by atoms with Gasteiger partial charge in [-0.15, -0.1) is 0 Å². The van der Waals surface area contributed by atoms with E-state index in [0.29, 0.717) is 12.1 Å². The molecule has 0 aromatic carbocycles. The van der Waals surface area contributed by atoms with E-state index < -0.39 is 0 Å². The Morgan fingerprint density at radius 1 is 1.44 bits per heavy atom. The van der Waals surface area contributed by atoms with Crippen LogP contribution < -0.4 is 11.3 Å². The zero-order valence-corrected chi connectivity index (χ0v) is 11.6. The van der Waals surface area contributed by atoms with Gasteiger partial charge in [-0.1, -0.05) is 25.7 Å². The molecule has 1 unspecified atom stereocenters. The Morgan fingerprint density at radius 2 is 2.17 bits per heavy atom. The Labute approximate surface area is 110 Å². The van der Waals surface area contributed by atoms with Gasteiger partial charge in [0.05, 0.1) is 5.69 Å². The third kappa shape index (κ3) is 3.56. The van der Waals surface area contributed by atoms with Gasteiger partial charge in [-0.2, -0.15) is 5.10 Å². The molecular weight excluding hydrogens is 224 g/mol. The van der Waals surface area contributed by atoms with Crippen LogP contribution in [0.5, 0.6) is 0 Å². The maximum absolute atomic E-state index is 5.68. The molecule has 0 saturated heterocycles. The zero-order chi connectivity index (χ0) is 13.0. The minimum Gasteiger partial charge on any atom is -0.271 e. The fourth-order valence-corrected chi connectivity index (χ4v) is 2.89. The summed E-state index contributed by atoms with van der Waals surface area (Å²) < 4.78 is 2.01. The van der Waals surface area contributed by atoms with Crippen LogP contribution in [0.15, 0.2) is 12.3 Å². The van der Waals surface area contributed by atoms with Gasteiger partial charge in [0.15, 0.2) is 0 Å². The lowest BCUT2D eigenvalue weighted by Crippen LogP contribution is -2.38. The third-order valence-corrected chi connectivity index (χ3v) is 3.98. The quantitative estimate of drug-likeness (QED) is 0.602. The van der Waals surface area contributed by atoms with Gasteiger partial charge in [-0.25, -0.2) is 0 Å². The molecule has 2 rings (SSSR count). The summed E-state index contributed by atoms with van der Waals surface area (Å²) in [6.07, 6.45) is 9.71. The summed E-state index contributed by atoms with van der Waals surface area (Å²) >= 11 is 0. The molecule has 1 fully saturated rings. The van der Waals surface area contributed by atoms with Crippen molar-refractivity contribution < 1.29 is 0 Å². The summed E-state index contributed by atoms with van der Waals surface area (Å²) in [6, 6.07) is 2.90. The fourth-order valence-electron chi connectivity index (χ4n) is 2.89. The second-order valence-corrected chi connectivity index (χ2v) is 5.83. The summed E-state index contributed by atoms with van der Waals surface area (Å²) in [5.41, 5.74) is 4.11. The molecule has 0 amide bonds. The first-order valence-corrected chi connectivity index (χ1v) is 7.19. The highest BCUT2D eigenvalue weighted by atomic mass is 15.3. The van der Waals surface area contributed by atoms with Crippen molar-refractivity contribution in [3.8, 4) is 0 Å². The van der Waals surface area contributed by atoms with Crippen LogP contribution in [0.1, 0.15) is 57.7 Å². The van der Waals surface area contributed by atoms with Crippen molar-refractivity contribution in [1.29, 1.82) is 0 Å². The minimum atomic E-state index is 0.364. The lowest BCUT2D eigenvalue weighted by atomic mass is 9.96. The summed E-state index contributed by atoms with van der Waals surface area (Å²) in [7, 11) is 0. The maximum Gasteiger partial charge on any atom is 0.0640 e. The van der Waals surface area contributed by atoms with E-state index in [9.17, 15) is 0 Å². The normalized spacial score (nSPS) is 18.7. The van der Waals surface area contributed by atoms with Gasteiger partial charge in [-0.3, -0.25) is 16.0 Å². The number of rotatable bonds is 6. The average Bonchev–Trinajstić information content (AvgIpc) is 2.99. The summed E-state index contributed by atoms with van der Waals surface area (Å²) in [5, 5.41) is 4.59. The average molecular weight is 250 g/mol. The van der Waals surface area contributed by atoms with Crippen LogP contribution >= 0.6 is 0 Å². The van der Waals surface area contributed by atoms with Crippen LogP contribution in [0.25, 0.3) is 0 Å². The predicted octanol–water partition coefficient (Wildman–Crippen LogP) is 2.42. The molecule has 1 saturated carbocycles. The van der Waals surface area contributed by atoms with Gasteiger partial charge in [0.1, 0.15) is 0 Å². The third-order valence-electron chi connectivity index (χ3n) is 3.98. The highest BCUT2D eigenvalue weighted by molar-refractivity contribution is 5.02. The standard InChI is InChI=1S/C14H26N4/c1-11(2)18-8-7-13(17-18)10-14(16-15)9-12-5-3-4-6-12/h7-8,11-12,14,16H,3-6,9-10,15H2,1-2H3. The smallest absolute Gasteiger partial charge is 0.0640 e. The first-order valence-electron chi connectivity index (χ1n) is 7.19. The van der Waals surface area contributed by atoms with Crippen LogP contribution in [0.3, 0.4) is 0 Å². The first kappa shape index (κ1) is 13.6. The van der Waals surface area contributed by atoms with E-state index in [2.05, 4.69) is 36.6 Å². The van der Waals surface area contributed by atoms with Gasteiger partial charge in [0, 0.05) is 24.7 Å². The molecule has 0 bridgehead atoms. The van der Waals surface area contributed by atoms with Crippen LogP contribution in [0.2, 0.25) is 0 Å². The fraction of sp³-hybridized carbons (Fsp3) is 0.786. The minimum absolute atomic E-state index is 0.364. The van der Waals surface area contributed by atoms with Crippen molar-refractivity contribution >= 4 is 0 Å². The lowest BCUT2D eigenvalue weighted by Gasteiger charge is -2.18. The van der Waals surface area contributed by atoms with Crippen molar-refractivity contribution in [3.05, 3.63) is 18.0 Å². The second-order valence-electron chi connectivity index (χ2n) is 5.83. The second kappa shape index (κ2) is 6.34. The first-order chi connectivity index (χ1) is 8.69. The summed E-state index contributed by atoms with van der Waals surface area (Å²) in [4.78, 5) is 0. The molecule has 0 radical (unpaired) electrons. The molecule has 1 aliphatic rings. The van der Waals surface area contributed by atoms with Gasteiger partial charge < -0.3 is 0 Å². The lowest BCUT2D eigenvalue weighted by molar-refractivity contribution is 0.385. The number of hydrazine groups is 1. The molecule has 1 aliphatic carbocycles. The number of aromatic nitrogens is 2. The van der Waals surface area contributed by atoms with E-state index in [1.807, 2.05) is 4.68 Å². The van der Waals surface area contributed by atoms with E-state index in [-0.39, 0.29) is 0 Å². The number of hydrogen-bond acceptors (Lipinski definition) is 3. The van der Waals surface area contributed by atoms with Crippen molar-refractivity contribution in [2.75, 3.05) is 0 Å². The Kier molecular flexibility index (Phi) is 4.78. The van der Waals surface area contributed by atoms with E-state index >= 15 is 0 Å². The van der Waals surface area contributed by atoms with Crippen LogP contribution in [0, 0.1) is 5.92 Å². The molecule has 3 N–H and O–H groups in total. The van der Waals surface area contributed by atoms with E-state index in [0.717, 1.165) is 18.0 Å². The van der Waals surface area contributed by atoms with Gasteiger partial charge in [-0.05, 0) is 32.3 Å². The van der Waals surface area contributed by atoms with Crippen LogP contribution in [-0.2, 0) is 6.42 Å². The van der Waals surface area contributed by atoms with E-state index in [4.69, 9.17) is 5.84 Å². The molecule has 1 aromatic heterocycles. The largest absolute Gasteiger partial charge is 0.271 e. The number of nitrogens with two attached hydrogens (primary N) is 1. The molecule has 0 aliphatic heterocycles.